The van der Waals surface area contributed by atoms with Gasteiger partial charge >= 0.3 is 11.9 Å². The zero-order chi connectivity index (χ0) is 39.3. The van der Waals surface area contributed by atoms with Crippen molar-refractivity contribution in [3.05, 3.63) is 109 Å². The molecule has 304 valence electrons. The Balaban J connectivity index is 4.27. The molecular weight excluding hydrogens is 669 g/mol. The van der Waals surface area contributed by atoms with Crippen LogP contribution in [-0.2, 0) is 23.8 Å². The van der Waals surface area contributed by atoms with Gasteiger partial charge in [0.15, 0.2) is 6.10 Å². The standard InChI is InChI=1S/C49H78O5/c1-4-7-10-13-15-17-19-21-23-25-26-28-30-32-34-37-39-42-48(50)53-46-47(54-49(51)43-40-36-12-9-6-3)45-52-44-41-38-35-33-31-29-27-24-22-20-18-16-14-11-8-5-2/h7-8,10-11,15-18,21-24,26,28-29,31,35,38,47H,4-6,9,12-14,19-20,25,27,30,32-34,36-37,39-46H2,1-3H3/b10-7-,11-8-,17-15-,18-16-,23-21-,24-22-,28-26-,31-29-,38-35-. The Morgan fingerprint density at radius 3 is 1.31 bits per heavy atom. The lowest BCUT2D eigenvalue weighted by Crippen LogP contribution is -2.30. The SMILES string of the molecule is CC/C=C\C/C=C\C/C=C\C/C=C\C/C=C\CCOCC(COC(=O)CCCCCC/C=C\C/C=C\C/C=C\C/C=C\CC)OC(=O)CCCCCCC. The molecule has 0 aliphatic carbocycles. The molecule has 0 bridgehead atoms. The molecule has 1 atom stereocenters. The summed E-state index contributed by atoms with van der Waals surface area (Å²) >= 11 is 0. The zero-order valence-corrected chi connectivity index (χ0v) is 34.7. The van der Waals surface area contributed by atoms with Crippen LogP contribution in [-0.4, -0.2) is 37.9 Å². The van der Waals surface area contributed by atoms with Crippen LogP contribution < -0.4 is 0 Å². The van der Waals surface area contributed by atoms with Crippen LogP contribution in [0.2, 0.25) is 0 Å². The summed E-state index contributed by atoms with van der Waals surface area (Å²) in [6, 6.07) is 0. The first kappa shape index (κ1) is 50.6. The first-order valence-electron chi connectivity index (χ1n) is 21.4. The summed E-state index contributed by atoms with van der Waals surface area (Å²) in [5, 5.41) is 0. The lowest BCUT2D eigenvalue weighted by Gasteiger charge is -2.18. The first-order chi connectivity index (χ1) is 26.6. The number of hydrogen-bond acceptors (Lipinski definition) is 5. The molecule has 0 N–H and O–H groups in total. The van der Waals surface area contributed by atoms with E-state index in [1.165, 1.54) is 12.8 Å². The fourth-order valence-corrected chi connectivity index (χ4v) is 5.21. The number of carbonyl (C=O) groups is 2. The molecule has 0 saturated heterocycles. The summed E-state index contributed by atoms with van der Waals surface area (Å²) in [5.74, 6) is -0.490. The summed E-state index contributed by atoms with van der Waals surface area (Å²) in [6.07, 6.45) is 59.9. The average molecular weight is 747 g/mol. The van der Waals surface area contributed by atoms with E-state index in [4.69, 9.17) is 14.2 Å². The third-order valence-corrected chi connectivity index (χ3v) is 8.32. The largest absolute Gasteiger partial charge is 0.462 e. The highest BCUT2D eigenvalue weighted by atomic mass is 16.6. The third-order valence-electron chi connectivity index (χ3n) is 8.32. The van der Waals surface area contributed by atoms with Gasteiger partial charge in [-0.15, -0.1) is 0 Å². The molecule has 54 heavy (non-hydrogen) atoms. The lowest BCUT2D eigenvalue weighted by molar-refractivity contribution is -0.162. The Bertz CT molecular complexity index is 1120. The Morgan fingerprint density at radius 1 is 0.426 bits per heavy atom. The normalized spacial score (nSPS) is 13.3. The highest BCUT2D eigenvalue weighted by Crippen LogP contribution is 2.10. The van der Waals surface area contributed by atoms with Gasteiger partial charge in [0.2, 0.25) is 0 Å². The Kier molecular flexibility index (Phi) is 41.2. The van der Waals surface area contributed by atoms with Crippen molar-refractivity contribution in [1.82, 2.24) is 0 Å². The van der Waals surface area contributed by atoms with E-state index in [1.807, 2.05) is 0 Å². The number of ether oxygens (including phenoxy) is 3. The molecular formula is C49H78O5. The molecule has 0 aliphatic heterocycles. The number of rotatable bonds is 37. The highest BCUT2D eigenvalue weighted by Gasteiger charge is 2.17. The van der Waals surface area contributed by atoms with Crippen molar-refractivity contribution in [3.63, 3.8) is 0 Å². The van der Waals surface area contributed by atoms with E-state index in [1.54, 1.807) is 0 Å². The fraction of sp³-hybridized carbons (Fsp3) is 0.592. The van der Waals surface area contributed by atoms with Gasteiger partial charge in [0.25, 0.3) is 0 Å². The minimum absolute atomic E-state index is 0.0356. The van der Waals surface area contributed by atoms with Gasteiger partial charge in [-0.2, -0.15) is 0 Å². The molecule has 5 nitrogen and oxygen atoms in total. The van der Waals surface area contributed by atoms with Crippen molar-refractivity contribution in [2.45, 2.75) is 168 Å². The van der Waals surface area contributed by atoms with Crippen LogP contribution in [0.15, 0.2) is 109 Å². The molecule has 0 fully saturated rings. The number of unbranched alkanes of at least 4 members (excludes halogenated alkanes) is 8. The predicted molar refractivity (Wildman–Crippen MR) is 233 cm³/mol. The molecule has 0 amide bonds. The molecule has 0 saturated carbocycles. The van der Waals surface area contributed by atoms with E-state index in [9.17, 15) is 9.59 Å². The van der Waals surface area contributed by atoms with E-state index in [0.29, 0.717) is 19.4 Å². The molecule has 0 aromatic carbocycles. The summed E-state index contributed by atoms with van der Waals surface area (Å²) in [4.78, 5) is 25.0. The van der Waals surface area contributed by atoms with Gasteiger partial charge in [-0.3, -0.25) is 9.59 Å². The number of carbonyl (C=O) groups excluding carboxylic acids is 2. The maximum absolute atomic E-state index is 12.5. The van der Waals surface area contributed by atoms with E-state index in [-0.39, 0.29) is 25.2 Å². The van der Waals surface area contributed by atoms with Crippen LogP contribution in [0, 0.1) is 0 Å². The monoisotopic (exact) mass is 747 g/mol. The molecule has 0 rings (SSSR count). The van der Waals surface area contributed by atoms with Crippen LogP contribution in [0.5, 0.6) is 0 Å². The van der Waals surface area contributed by atoms with E-state index in [2.05, 4.69) is 130 Å². The van der Waals surface area contributed by atoms with Crippen molar-refractivity contribution < 1.29 is 23.8 Å². The van der Waals surface area contributed by atoms with E-state index >= 15 is 0 Å². The van der Waals surface area contributed by atoms with Gasteiger partial charge in [-0.25, -0.2) is 0 Å². The van der Waals surface area contributed by atoms with Gasteiger partial charge in [0, 0.05) is 12.8 Å². The minimum Gasteiger partial charge on any atom is -0.462 e. The maximum atomic E-state index is 12.5. The average Bonchev–Trinajstić information content (AvgIpc) is 3.17. The minimum atomic E-state index is -0.587. The van der Waals surface area contributed by atoms with Crippen LogP contribution in [0.3, 0.4) is 0 Å². The molecule has 0 heterocycles. The van der Waals surface area contributed by atoms with Gasteiger partial charge in [0.1, 0.15) is 6.61 Å². The van der Waals surface area contributed by atoms with Crippen molar-refractivity contribution in [2.24, 2.45) is 0 Å². The van der Waals surface area contributed by atoms with Gasteiger partial charge in [-0.05, 0) is 89.9 Å². The number of hydrogen-bond donors (Lipinski definition) is 0. The zero-order valence-electron chi connectivity index (χ0n) is 34.7. The highest BCUT2D eigenvalue weighted by molar-refractivity contribution is 5.70. The topological polar surface area (TPSA) is 61.8 Å². The summed E-state index contributed by atoms with van der Waals surface area (Å²) in [6.45, 7) is 7.25. The van der Waals surface area contributed by atoms with E-state index in [0.717, 1.165) is 116 Å². The smallest absolute Gasteiger partial charge is 0.306 e. The second kappa shape index (κ2) is 44.0. The van der Waals surface area contributed by atoms with Crippen LogP contribution in [0.4, 0.5) is 0 Å². The predicted octanol–water partition coefficient (Wildman–Crippen LogP) is 14.1. The second-order valence-corrected chi connectivity index (χ2v) is 13.5. The van der Waals surface area contributed by atoms with Crippen LogP contribution in [0.1, 0.15) is 162 Å². The fourth-order valence-electron chi connectivity index (χ4n) is 5.21. The second-order valence-electron chi connectivity index (χ2n) is 13.5. The molecule has 0 aromatic rings. The van der Waals surface area contributed by atoms with Crippen LogP contribution in [0.25, 0.3) is 0 Å². The van der Waals surface area contributed by atoms with Crippen molar-refractivity contribution >= 4 is 11.9 Å². The lowest BCUT2D eigenvalue weighted by atomic mass is 10.1. The molecule has 1 unspecified atom stereocenters. The van der Waals surface area contributed by atoms with Crippen molar-refractivity contribution in [2.75, 3.05) is 19.8 Å². The van der Waals surface area contributed by atoms with E-state index < -0.39 is 6.10 Å². The Morgan fingerprint density at radius 2 is 0.833 bits per heavy atom. The number of allylic oxidation sites excluding steroid dienone is 17. The van der Waals surface area contributed by atoms with Gasteiger partial charge in [0.05, 0.1) is 13.2 Å². The van der Waals surface area contributed by atoms with Crippen molar-refractivity contribution in [3.8, 4) is 0 Å². The quantitative estimate of drug-likeness (QED) is 0.0360. The molecule has 0 aromatic heterocycles. The third kappa shape index (κ3) is 41.3. The number of esters is 2. The molecule has 0 spiro atoms. The summed E-state index contributed by atoms with van der Waals surface area (Å²) < 4.78 is 17.0. The molecule has 0 radical (unpaired) electrons. The van der Waals surface area contributed by atoms with Crippen molar-refractivity contribution in [1.29, 1.82) is 0 Å². The maximum Gasteiger partial charge on any atom is 0.306 e. The Labute approximate surface area is 332 Å². The molecule has 5 heteroatoms. The molecule has 0 aliphatic rings. The van der Waals surface area contributed by atoms with Crippen LogP contribution >= 0.6 is 0 Å². The Hall–Kier alpha value is -3.44. The van der Waals surface area contributed by atoms with Gasteiger partial charge in [-0.1, -0.05) is 169 Å². The van der Waals surface area contributed by atoms with Gasteiger partial charge < -0.3 is 14.2 Å². The first-order valence-corrected chi connectivity index (χ1v) is 21.4. The summed E-state index contributed by atoms with van der Waals surface area (Å²) in [5.41, 5.74) is 0. The summed E-state index contributed by atoms with van der Waals surface area (Å²) in [7, 11) is 0.